The van der Waals surface area contributed by atoms with Gasteiger partial charge in [0.1, 0.15) is 0 Å². The number of fused-ring (bicyclic) bond motifs is 1. The van der Waals surface area contributed by atoms with E-state index in [1.54, 1.807) is 18.2 Å². The zero-order chi connectivity index (χ0) is 28.1. The van der Waals surface area contributed by atoms with Crippen LogP contribution in [0.2, 0.25) is 0 Å². The zero-order valence-electron chi connectivity index (χ0n) is 22.0. The summed E-state index contributed by atoms with van der Waals surface area (Å²) in [6.07, 6.45) is 0. The zero-order valence-corrected chi connectivity index (χ0v) is 22.0. The van der Waals surface area contributed by atoms with Gasteiger partial charge in [0, 0.05) is 36.4 Å². The topological polar surface area (TPSA) is 129 Å². The lowest BCUT2D eigenvalue weighted by atomic mass is 9.98. The van der Waals surface area contributed by atoms with Crippen molar-refractivity contribution in [1.29, 1.82) is 0 Å². The van der Waals surface area contributed by atoms with Crippen LogP contribution in [-0.4, -0.2) is 67.2 Å². The fourth-order valence-electron chi connectivity index (χ4n) is 4.75. The number of amides is 2. The van der Waals surface area contributed by atoms with Crippen LogP contribution in [-0.2, 0) is 14.4 Å². The number of carboxylic acid groups (broad SMARTS) is 1. The number of hydrogen-bond acceptors (Lipinski definition) is 7. The van der Waals surface area contributed by atoms with Crippen LogP contribution < -0.4 is 16.1 Å². The number of benzene rings is 3. The SMILES string of the molecule is Cc1cc(N/C(=C2\C(=O)Nc3cc(C(=O)O)ccc32)c2ccccc2)ccc1C(=O)NOCCN1CCOCC1. The number of hydrogen-bond donors (Lipinski definition) is 4. The van der Waals surface area contributed by atoms with Gasteiger partial charge in [-0.1, -0.05) is 36.4 Å². The number of ether oxygens (including phenoxy) is 1. The molecule has 10 nitrogen and oxygen atoms in total. The van der Waals surface area contributed by atoms with Gasteiger partial charge in [-0.25, -0.2) is 10.3 Å². The number of carboxylic acids is 1. The number of nitrogens with one attached hydrogen (secondary N) is 3. The van der Waals surface area contributed by atoms with Gasteiger partial charge in [-0.3, -0.25) is 19.3 Å². The number of nitrogens with zero attached hydrogens (tertiary/aromatic N) is 1. The van der Waals surface area contributed by atoms with Crippen LogP contribution in [0.3, 0.4) is 0 Å². The molecule has 40 heavy (non-hydrogen) atoms. The van der Waals surface area contributed by atoms with E-state index in [4.69, 9.17) is 9.57 Å². The fraction of sp³-hybridized carbons (Fsp3) is 0.233. The molecule has 3 aromatic carbocycles. The molecule has 2 aliphatic rings. The molecule has 2 amide bonds. The molecule has 0 aliphatic carbocycles. The van der Waals surface area contributed by atoms with Crippen LogP contribution in [0.4, 0.5) is 11.4 Å². The Labute approximate surface area is 231 Å². The Balaban J connectivity index is 1.35. The summed E-state index contributed by atoms with van der Waals surface area (Å²) in [5.41, 5.74) is 7.24. The lowest BCUT2D eigenvalue weighted by molar-refractivity contribution is -0.110. The number of aromatic carboxylic acids is 1. The highest BCUT2D eigenvalue weighted by molar-refractivity contribution is 6.37. The minimum Gasteiger partial charge on any atom is -0.478 e. The van der Waals surface area contributed by atoms with Gasteiger partial charge in [-0.2, -0.15) is 0 Å². The molecule has 0 spiro atoms. The maximum absolute atomic E-state index is 13.1. The van der Waals surface area contributed by atoms with E-state index in [0.29, 0.717) is 60.1 Å². The van der Waals surface area contributed by atoms with Gasteiger partial charge >= 0.3 is 5.97 Å². The summed E-state index contributed by atoms with van der Waals surface area (Å²) in [6.45, 7) is 6.01. The number of hydroxylamine groups is 1. The van der Waals surface area contributed by atoms with Crippen molar-refractivity contribution in [3.8, 4) is 0 Å². The Hall–Kier alpha value is -4.51. The van der Waals surface area contributed by atoms with Gasteiger partial charge in [0.2, 0.25) is 0 Å². The predicted molar refractivity (Wildman–Crippen MR) is 151 cm³/mol. The van der Waals surface area contributed by atoms with Crippen LogP contribution in [0.25, 0.3) is 11.3 Å². The molecule has 10 heteroatoms. The standard InChI is InChI=1S/C30H30N4O6/c1-19-17-22(8-10-23(19)28(35)33-40-16-13-34-11-14-39-15-12-34)31-27(20-5-3-2-4-6-20)26-24-9-7-21(30(37)38)18-25(24)32-29(26)36/h2-10,17-18,31H,11-16H2,1H3,(H,32,36)(H,33,35)(H,37,38)/b27-26-. The van der Waals surface area contributed by atoms with E-state index in [0.717, 1.165) is 24.2 Å². The van der Waals surface area contributed by atoms with Gasteiger partial charge < -0.3 is 20.5 Å². The van der Waals surface area contributed by atoms with Crippen molar-refractivity contribution >= 4 is 40.4 Å². The molecule has 0 saturated carbocycles. The lowest BCUT2D eigenvalue weighted by Crippen LogP contribution is -2.39. The minimum absolute atomic E-state index is 0.0871. The van der Waals surface area contributed by atoms with Gasteiger partial charge in [0.05, 0.1) is 42.3 Å². The van der Waals surface area contributed by atoms with E-state index in [2.05, 4.69) is 21.0 Å². The van der Waals surface area contributed by atoms with Crippen molar-refractivity contribution in [3.63, 3.8) is 0 Å². The van der Waals surface area contributed by atoms with Crippen molar-refractivity contribution in [3.05, 3.63) is 94.5 Å². The molecule has 1 fully saturated rings. The number of aryl methyl sites for hydroxylation is 1. The molecule has 0 radical (unpaired) electrons. The molecule has 0 unspecified atom stereocenters. The third kappa shape index (κ3) is 6.04. The van der Waals surface area contributed by atoms with Crippen LogP contribution in [0, 0.1) is 6.92 Å². The monoisotopic (exact) mass is 542 g/mol. The smallest absolute Gasteiger partial charge is 0.335 e. The molecule has 0 aromatic heterocycles. The average molecular weight is 543 g/mol. The summed E-state index contributed by atoms with van der Waals surface area (Å²) in [6, 6.07) is 19.2. The van der Waals surface area contributed by atoms with Crippen LogP contribution >= 0.6 is 0 Å². The quantitative estimate of drug-likeness (QED) is 0.183. The van der Waals surface area contributed by atoms with Gasteiger partial charge in [0.15, 0.2) is 0 Å². The fourth-order valence-corrected chi connectivity index (χ4v) is 4.75. The highest BCUT2D eigenvalue weighted by Crippen LogP contribution is 2.38. The number of carbonyl (C=O) groups is 3. The van der Waals surface area contributed by atoms with E-state index in [-0.39, 0.29) is 17.4 Å². The third-order valence-electron chi connectivity index (χ3n) is 6.84. The molecule has 5 rings (SSSR count). The summed E-state index contributed by atoms with van der Waals surface area (Å²) in [7, 11) is 0. The molecule has 206 valence electrons. The highest BCUT2D eigenvalue weighted by Gasteiger charge is 2.29. The maximum atomic E-state index is 13.1. The molecule has 4 N–H and O–H groups in total. The first kappa shape index (κ1) is 27.1. The van der Waals surface area contributed by atoms with Gasteiger partial charge in [-0.15, -0.1) is 0 Å². The first-order valence-corrected chi connectivity index (χ1v) is 13.0. The second-order valence-electron chi connectivity index (χ2n) is 9.52. The van der Waals surface area contributed by atoms with E-state index in [1.807, 2.05) is 43.3 Å². The second-order valence-corrected chi connectivity index (χ2v) is 9.52. The molecular formula is C30H30N4O6. The third-order valence-corrected chi connectivity index (χ3v) is 6.84. The van der Waals surface area contributed by atoms with Crippen molar-refractivity contribution in [2.45, 2.75) is 6.92 Å². The molecule has 0 bridgehead atoms. The molecule has 0 atom stereocenters. The summed E-state index contributed by atoms with van der Waals surface area (Å²) >= 11 is 0. The van der Waals surface area contributed by atoms with E-state index >= 15 is 0 Å². The summed E-state index contributed by atoms with van der Waals surface area (Å²) in [4.78, 5) is 44.9. The Bertz CT molecular complexity index is 1460. The molecular weight excluding hydrogens is 512 g/mol. The Morgan fingerprint density at radius 3 is 2.52 bits per heavy atom. The largest absolute Gasteiger partial charge is 0.478 e. The van der Waals surface area contributed by atoms with Crippen LogP contribution in [0.5, 0.6) is 0 Å². The van der Waals surface area contributed by atoms with Crippen molar-refractivity contribution in [1.82, 2.24) is 10.4 Å². The summed E-state index contributed by atoms with van der Waals surface area (Å²) in [5, 5.41) is 15.5. The van der Waals surface area contributed by atoms with Gasteiger partial charge in [0.25, 0.3) is 11.8 Å². The molecule has 2 aliphatic heterocycles. The first-order chi connectivity index (χ1) is 19.4. The Morgan fingerprint density at radius 2 is 1.80 bits per heavy atom. The predicted octanol–water partition coefficient (Wildman–Crippen LogP) is 3.62. The van der Waals surface area contributed by atoms with E-state index < -0.39 is 5.97 Å². The lowest BCUT2D eigenvalue weighted by Gasteiger charge is -2.26. The second kappa shape index (κ2) is 12.1. The van der Waals surface area contributed by atoms with Crippen molar-refractivity contribution < 1.29 is 29.1 Å². The number of carbonyl (C=O) groups excluding carboxylic acids is 2. The Kier molecular flexibility index (Phi) is 8.20. The number of anilines is 2. The van der Waals surface area contributed by atoms with E-state index in [9.17, 15) is 19.5 Å². The van der Waals surface area contributed by atoms with Gasteiger partial charge in [-0.05, 0) is 48.4 Å². The first-order valence-electron chi connectivity index (χ1n) is 13.0. The average Bonchev–Trinajstić information content (AvgIpc) is 3.29. The number of rotatable bonds is 9. The van der Waals surface area contributed by atoms with Crippen molar-refractivity contribution in [2.24, 2.45) is 0 Å². The molecule has 3 aromatic rings. The number of morpholine rings is 1. The van der Waals surface area contributed by atoms with Crippen LogP contribution in [0.15, 0.2) is 66.7 Å². The molecule has 2 heterocycles. The molecule has 1 saturated heterocycles. The summed E-state index contributed by atoms with van der Waals surface area (Å²) in [5.74, 6) is -1.75. The van der Waals surface area contributed by atoms with E-state index in [1.165, 1.54) is 12.1 Å². The Morgan fingerprint density at radius 1 is 1.02 bits per heavy atom. The normalized spacial score (nSPS) is 16.2. The minimum atomic E-state index is -1.07. The highest BCUT2D eigenvalue weighted by atomic mass is 16.7. The van der Waals surface area contributed by atoms with Crippen LogP contribution in [0.1, 0.15) is 37.4 Å². The van der Waals surface area contributed by atoms with Crippen molar-refractivity contribution in [2.75, 3.05) is 50.1 Å². The maximum Gasteiger partial charge on any atom is 0.335 e. The summed E-state index contributed by atoms with van der Waals surface area (Å²) < 4.78 is 5.34.